The van der Waals surface area contributed by atoms with Crippen LogP contribution in [0.1, 0.15) is 25.3 Å². The predicted molar refractivity (Wildman–Crippen MR) is 87.9 cm³/mol. The van der Waals surface area contributed by atoms with Crippen molar-refractivity contribution >= 4 is 17.6 Å². The number of carbonyl (C=O) groups excluding carboxylic acids is 1. The number of nitrogens with one attached hydrogen (secondary N) is 3. The summed E-state index contributed by atoms with van der Waals surface area (Å²) >= 11 is 0. The second-order valence-electron chi connectivity index (χ2n) is 5.32. The number of guanidine groups is 1. The van der Waals surface area contributed by atoms with Crippen LogP contribution < -0.4 is 16.0 Å². The van der Waals surface area contributed by atoms with Gasteiger partial charge in [-0.25, -0.2) is 0 Å². The molecule has 22 heavy (non-hydrogen) atoms. The van der Waals surface area contributed by atoms with Crippen molar-refractivity contribution in [3.05, 3.63) is 29.8 Å². The lowest BCUT2D eigenvalue weighted by molar-refractivity contribution is -0.114. The Balaban J connectivity index is 1.80. The highest BCUT2D eigenvalue weighted by molar-refractivity contribution is 5.88. The van der Waals surface area contributed by atoms with Crippen molar-refractivity contribution in [3.8, 4) is 0 Å². The normalized spacial score (nSPS) is 18.1. The highest BCUT2D eigenvalue weighted by Gasteiger charge is 2.15. The zero-order valence-electron chi connectivity index (χ0n) is 13.2. The number of aliphatic imine (C=N–C) groups is 1. The van der Waals surface area contributed by atoms with E-state index in [0.717, 1.165) is 43.2 Å². The maximum absolute atomic E-state index is 11.1. The molecule has 0 bridgehead atoms. The summed E-state index contributed by atoms with van der Waals surface area (Å²) in [4.78, 5) is 15.3. The summed E-state index contributed by atoms with van der Waals surface area (Å²) in [7, 11) is 1.75. The molecule has 1 saturated heterocycles. The van der Waals surface area contributed by atoms with Crippen molar-refractivity contribution in [3.63, 3.8) is 0 Å². The van der Waals surface area contributed by atoms with Gasteiger partial charge in [-0.15, -0.1) is 0 Å². The number of nitrogens with zero attached hydrogens (tertiary/aromatic N) is 1. The van der Waals surface area contributed by atoms with E-state index >= 15 is 0 Å². The Hall–Kier alpha value is -2.08. The van der Waals surface area contributed by atoms with Gasteiger partial charge < -0.3 is 20.7 Å². The largest absolute Gasteiger partial charge is 0.376 e. The van der Waals surface area contributed by atoms with Gasteiger partial charge in [0.25, 0.3) is 0 Å². The zero-order chi connectivity index (χ0) is 15.8. The molecule has 1 unspecified atom stereocenters. The van der Waals surface area contributed by atoms with Gasteiger partial charge in [-0.05, 0) is 30.5 Å². The standard InChI is InChI=1S/C16H24N4O2/c1-12(21)20-14-6-3-5-13(9-14)10-18-16(17-2)19-11-15-7-4-8-22-15/h3,5-6,9,15H,4,7-8,10-11H2,1-2H3,(H,20,21)(H2,17,18,19). The van der Waals surface area contributed by atoms with Crippen LogP contribution in [-0.4, -0.2) is 38.2 Å². The third kappa shape index (κ3) is 5.37. The van der Waals surface area contributed by atoms with Crippen molar-refractivity contribution in [2.45, 2.75) is 32.4 Å². The summed E-state index contributed by atoms with van der Waals surface area (Å²) in [6.45, 7) is 3.76. The summed E-state index contributed by atoms with van der Waals surface area (Å²) in [6, 6.07) is 7.74. The van der Waals surface area contributed by atoms with E-state index in [1.165, 1.54) is 6.92 Å². The van der Waals surface area contributed by atoms with E-state index in [0.29, 0.717) is 6.54 Å². The molecule has 6 nitrogen and oxygen atoms in total. The zero-order valence-corrected chi connectivity index (χ0v) is 13.2. The van der Waals surface area contributed by atoms with Crippen LogP contribution in [0.2, 0.25) is 0 Å². The number of ether oxygens (including phenoxy) is 1. The van der Waals surface area contributed by atoms with Gasteiger partial charge in [0.1, 0.15) is 0 Å². The van der Waals surface area contributed by atoms with E-state index in [1.54, 1.807) is 7.05 Å². The van der Waals surface area contributed by atoms with Gasteiger partial charge >= 0.3 is 0 Å². The molecule has 3 N–H and O–H groups in total. The number of rotatable bonds is 5. The molecule has 0 aliphatic carbocycles. The van der Waals surface area contributed by atoms with Crippen LogP contribution in [-0.2, 0) is 16.1 Å². The van der Waals surface area contributed by atoms with E-state index in [1.807, 2.05) is 24.3 Å². The van der Waals surface area contributed by atoms with Crippen LogP contribution in [0, 0.1) is 0 Å². The molecule has 0 aromatic heterocycles. The van der Waals surface area contributed by atoms with Gasteiger partial charge in [0.05, 0.1) is 6.10 Å². The number of anilines is 1. The minimum atomic E-state index is -0.0702. The molecule has 1 fully saturated rings. The maximum atomic E-state index is 11.1. The third-order valence-corrected chi connectivity index (χ3v) is 3.45. The van der Waals surface area contributed by atoms with Crippen LogP contribution in [0.15, 0.2) is 29.3 Å². The fourth-order valence-electron chi connectivity index (χ4n) is 2.38. The van der Waals surface area contributed by atoms with Crippen LogP contribution in [0.3, 0.4) is 0 Å². The van der Waals surface area contributed by atoms with E-state index in [9.17, 15) is 4.79 Å². The fraction of sp³-hybridized carbons (Fsp3) is 0.500. The Morgan fingerprint density at radius 3 is 2.95 bits per heavy atom. The average Bonchev–Trinajstić information content (AvgIpc) is 3.00. The Morgan fingerprint density at radius 1 is 1.41 bits per heavy atom. The molecule has 1 heterocycles. The molecule has 0 radical (unpaired) electrons. The summed E-state index contributed by atoms with van der Waals surface area (Å²) in [5, 5.41) is 9.31. The lowest BCUT2D eigenvalue weighted by atomic mass is 10.2. The molecule has 6 heteroatoms. The van der Waals surface area contributed by atoms with Crippen molar-refractivity contribution in [1.29, 1.82) is 0 Å². The van der Waals surface area contributed by atoms with Crippen LogP contribution in [0.5, 0.6) is 0 Å². The van der Waals surface area contributed by atoms with Gasteiger partial charge in [0.2, 0.25) is 5.91 Å². The summed E-state index contributed by atoms with van der Waals surface area (Å²) in [5.41, 5.74) is 1.88. The Morgan fingerprint density at radius 2 is 2.27 bits per heavy atom. The highest BCUT2D eigenvalue weighted by atomic mass is 16.5. The molecule has 2 rings (SSSR count). The number of hydrogen-bond acceptors (Lipinski definition) is 3. The van der Waals surface area contributed by atoms with E-state index in [-0.39, 0.29) is 12.0 Å². The second kappa shape index (κ2) is 8.38. The topological polar surface area (TPSA) is 74.8 Å². The predicted octanol–water partition coefficient (Wildman–Crippen LogP) is 1.49. The first kappa shape index (κ1) is 16.3. The summed E-state index contributed by atoms with van der Waals surface area (Å²) in [5.74, 6) is 0.680. The fourth-order valence-corrected chi connectivity index (χ4v) is 2.38. The Bertz CT molecular complexity index is 525. The van der Waals surface area contributed by atoms with Crippen LogP contribution in [0.4, 0.5) is 5.69 Å². The minimum absolute atomic E-state index is 0.0702. The van der Waals surface area contributed by atoms with E-state index in [4.69, 9.17) is 4.74 Å². The molecular weight excluding hydrogens is 280 g/mol. The lowest BCUT2D eigenvalue weighted by Gasteiger charge is -2.15. The van der Waals surface area contributed by atoms with Crippen molar-refractivity contribution in [1.82, 2.24) is 10.6 Å². The molecule has 0 saturated carbocycles. The minimum Gasteiger partial charge on any atom is -0.376 e. The Labute approximate surface area is 131 Å². The van der Waals surface area contributed by atoms with Crippen molar-refractivity contribution < 1.29 is 9.53 Å². The first-order chi connectivity index (χ1) is 10.7. The van der Waals surface area contributed by atoms with E-state index < -0.39 is 0 Å². The summed E-state index contributed by atoms with van der Waals surface area (Å²) < 4.78 is 5.58. The number of hydrogen-bond donors (Lipinski definition) is 3. The van der Waals surface area contributed by atoms with Gasteiger partial charge in [-0.3, -0.25) is 9.79 Å². The quantitative estimate of drug-likeness (QED) is 0.569. The first-order valence-corrected chi connectivity index (χ1v) is 7.60. The van der Waals surface area contributed by atoms with Gasteiger partial charge in [0, 0.05) is 39.4 Å². The molecule has 120 valence electrons. The number of amides is 1. The maximum Gasteiger partial charge on any atom is 0.221 e. The van der Waals surface area contributed by atoms with E-state index in [2.05, 4.69) is 20.9 Å². The molecule has 1 aliphatic heterocycles. The lowest BCUT2D eigenvalue weighted by Crippen LogP contribution is -2.40. The van der Waals surface area contributed by atoms with Crippen LogP contribution >= 0.6 is 0 Å². The average molecular weight is 304 g/mol. The SMILES string of the molecule is CN=C(NCc1cccc(NC(C)=O)c1)NCC1CCCO1. The molecule has 1 aromatic rings. The Kier molecular flexibility index (Phi) is 6.21. The molecule has 1 aromatic carbocycles. The van der Waals surface area contributed by atoms with Gasteiger partial charge in [-0.1, -0.05) is 12.1 Å². The van der Waals surface area contributed by atoms with Crippen LogP contribution in [0.25, 0.3) is 0 Å². The number of benzene rings is 1. The number of carbonyl (C=O) groups is 1. The molecule has 1 aliphatic rings. The van der Waals surface area contributed by atoms with Crippen molar-refractivity contribution in [2.24, 2.45) is 4.99 Å². The summed E-state index contributed by atoms with van der Waals surface area (Å²) in [6.07, 6.45) is 2.51. The van der Waals surface area contributed by atoms with Gasteiger partial charge in [-0.2, -0.15) is 0 Å². The smallest absolute Gasteiger partial charge is 0.221 e. The monoisotopic (exact) mass is 304 g/mol. The first-order valence-electron chi connectivity index (χ1n) is 7.60. The highest BCUT2D eigenvalue weighted by Crippen LogP contribution is 2.11. The molecule has 0 spiro atoms. The molecular formula is C16H24N4O2. The second-order valence-corrected chi connectivity index (χ2v) is 5.32. The molecule has 1 atom stereocenters. The third-order valence-electron chi connectivity index (χ3n) is 3.45. The van der Waals surface area contributed by atoms with Gasteiger partial charge in [0.15, 0.2) is 5.96 Å². The van der Waals surface area contributed by atoms with Crippen molar-refractivity contribution in [2.75, 3.05) is 25.5 Å². The molecule has 1 amide bonds.